The largest absolute Gasteiger partial charge is 0.477 e. The summed E-state index contributed by atoms with van der Waals surface area (Å²) in [5, 5.41) is 3.27. The van der Waals surface area contributed by atoms with Gasteiger partial charge in [0.1, 0.15) is 5.75 Å². The summed E-state index contributed by atoms with van der Waals surface area (Å²) in [6.45, 7) is 0.209. The number of amides is 2. The second-order valence-electron chi connectivity index (χ2n) is 5.75. The molecule has 1 aliphatic rings. The Kier molecular flexibility index (Phi) is 6.06. The van der Waals surface area contributed by atoms with Gasteiger partial charge in [-0.25, -0.2) is 0 Å². The van der Waals surface area contributed by atoms with E-state index in [1.807, 2.05) is 42.5 Å². The third-order valence-electron chi connectivity index (χ3n) is 4.01. The van der Waals surface area contributed by atoms with Crippen molar-refractivity contribution in [1.82, 2.24) is 5.32 Å². The third-order valence-corrected chi connectivity index (χ3v) is 5.28. The SMILES string of the molecule is CNC(=O)[C@H]1CN(C(=O)CCSc2ccc(Cl)cc2)c2ccccc2O1. The van der Waals surface area contributed by atoms with Crippen molar-refractivity contribution in [1.29, 1.82) is 0 Å². The maximum atomic E-state index is 12.8. The first-order chi connectivity index (χ1) is 12.6. The molecule has 0 spiro atoms. The van der Waals surface area contributed by atoms with E-state index in [4.69, 9.17) is 16.3 Å². The molecule has 1 atom stereocenters. The first-order valence-corrected chi connectivity index (χ1v) is 9.61. The molecule has 0 radical (unpaired) electrons. The highest BCUT2D eigenvalue weighted by atomic mass is 35.5. The molecule has 5 nitrogen and oxygen atoms in total. The summed E-state index contributed by atoms with van der Waals surface area (Å²) in [5.41, 5.74) is 0.703. The van der Waals surface area contributed by atoms with Crippen LogP contribution in [0.1, 0.15) is 6.42 Å². The Labute approximate surface area is 161 Å². The number of carbonyl (C=O) groups excluding carboxylic acids is 2. The molecule has 0 saturated carbocycles. The second kappa shape index (κ2) is 8.47. The topological polar surface area (TPSA) is 58.6 Å². The average Bonchev–Trinajstić information content (AvgIpc) is 2.67. The van der Waals surface area contributed by atoms with E-state index in [1.54, 1.807) is 29.8 Å². The molecule has 0 aromatic heterocycles. The van der Waals surface area contributed by atoms with Crippen LogP contribution in [0.2, 0.25) is 5.02 Å². The molecule has 2 amide bonds. The predicted octanol–water partition coefficient (Wildman–Crippen LogP) is 3.36. The standard InChI is InChI=1S/C19H19ClN2O3S/c1-21-19(24)17-12-22(15-4-2-3-5-16(15)25-17)18(23)10-11-26-14-8-6-13(20)7-9-14/h2-9,17H,10-12H2,1H3,(H,21,24)/t17-/m1/s1. The van der Waals surface area contributed by atoms with E-state index in [-0.39, 0.29) is 18.4 Å². The Morgan fingerprint density at radius 3 is 2.69 bits per heavy atom. The minimum atomic E-state index is -0.706. The molecule has 7 heteroatoms. The van der Waals surface area contributed by atoms with Crippen LogP contribution in [-0.2, 0) is 9.59 Å². The van der Waals surface area contributed by atoms with E-state index >= 15 is 0 Å². The highest BCUT2D eigenvalue weighted by molar-refractivity contribution is 7.99. The number of nitrogens with zero attached hydrogens (tertiary/aromatic N) is 1. The number of halogens is 1. The van der Waals surface area contributed by atoms with Crippen molar-refractivity contribution in [3.05, 3.63) is 53.6 Å². The molecule has 0 fully saturated rings. The minimum absolute atomic E-state index is 0.0314. The average molecular weight is 391 g/mol. The monoisotopic (exact) mass is 390 g/mol. The Balaban J connectivity index is 1.66. The summed E-state index contributed by atoms with van der Waals surface area (Å²) < 4.78 is 5.73. The lowest BCUT2D eigenvalue weighted by Gasteiger charge is -2.34. The number of thioether (sulfide) groups is 1. The summed E-state index contributed by atoms with van der Waals surface area (Å²) >= 11 is 7.48. The predicted molar refractivity (Wildman–Crippen MR) is 104 cm³/mol. The molecule has 0 aliphatic carbocycles. The zero-order valence-electron chi connectivity index (χ0n) is 14.3. The Hall–Kier alpha value is -2.18. The van der Waals surface area contributed by atoms with Crippen molar-refractivity contribution < 1.29 is 14.3 Å². The van der Waals surface area contributed by atoms with E-state index in [2.05, 4.69) is 5.32 Å². The smallest absolute Gasteiger partial charge is 0.262 e. The molecular weight excluding hydrogens is 372 g/mol. The quantitative estimate of drug-likeness (QED) is 0.795. The van der Waals surface area contributed by atoms with E-state index < -0.39 is 6.10 Å². The van der Waals surface area contributed by atoms with E-state index in [1.165, 1.54) is 0 Å². The van der Waals surface area contributed by atoms with E-state index in [0.29, 0.717) is 28.6 Å². The minimum Gasteiger partial charge on any atom is -0.477 e. The van der Waals surface area contributed by atoms with Crippen molar-refractivity contribution in [2.45, 2.75) is 17.4 Å². The molecule has 0 saturated heterocycles. The van der Waals surface area contributed by atoms with Gasteiger partial charge in [-0.2, -0.15) is 0 Å². The fourth-order valence-corrected chi connectivity index (χ4v) is 3.66. The number of hydrogen-bond acceptors (Lipinski definition) is 4. The molecule has 136 valence electrons. The summed E-state index contributed by atoms with van der Waals surface area (Å²) in [5.74, 6) is 0.917. The van der Waals surface area contributed by atoms with Crippen molar-refractivity contribution in [3.63, 3.8) is 0 Å². The second-order valence-corrected chi connectivity index (χ2v) is 7.35. The number of para-hydroxylation sites is 2. The van der Waals surface area contributed by atoms with Gasteiger partial charge in [0.25, 0.3) is 5.91 Å². The van der Waals surface area contributed by atoms with Crippen molar-refractivity contribution in [2.75, 3.05) is 24.2 Å². The van der Waals surface area contributed by atoms with E-state index in [0.717, 1.165) is 4.90 Å². The van der Waals surface area contributed by atoms with Gasteiger partial charge in [-0.1, -0.05) is 23.7 Å². The Bertz CT molecular complexity index is 798. The molecule has 1 aliphatic heterocycles. The van der Waals surface area contributed by atoms with Crippen LogP contribution in [0.4, 0.5) is 5.69 Å². The highest BCUT2D eigenvalue weighted by Gasteiger charge is 2.32. The lowest BCUT2D eigenvalue weighted by atomic mass is 10.1. The van der Waals surface area contributed by atoms with Gasteiger partial charge in [-0.05, 0) is 36.4 Å². The van der Waals surface area contributed by atoms with Crippen LogP contribution in [0, 0.1) is 0 Å². The van der Waals surface area contributed by atoms with Gasteiger partial charge in [0.15, 0.2) is 6.10 Å². The molecular formula is C19H19ClN2O3S. The molecule has 26 heavy (non-hydrogen) atoms. The maximum Gasteiger partial charge on any atom is 0.262 e. The third kappa shape index (κ3) is 4.31. The van der Waals surface area contributed by atoms with Gasteiger partial charge in [0, 0.05) is 29.1 Å². The highest BCUT2D eigenvalue weighted by Crippen LogP contribution is 2.34. The van der Waals surface area contributed by atoms with Gasteiger partial charge in [0.05, 0.1) is 12.2 Å². The summed E-state index contributed by atoms with van der Waals surface area (Å²) in [7, 11) is 1.56. The van der Waals surface area contributed by atoms with Crippen molar-refractivity contribution >= 4 is 40.9 Å². The number of nitrogens with one attached hydrogen (secondary N) is 1. The van der Waals surface area contributed by atoms with Crippen LogP contribution in [-0.4, -0.2) is 37.3 Å². The normalized spacial score (nSPS) is 15.8. The molecule has 3 rings (SSSR count). The zero-order chi connectivity index (χ0) is 18.5. The number of rotatable bonds is 5. The lowest BCUT2D eigenvalue weighted by molar-refractivity contribution is -0.127. The summed E-state index contributed by atoms with van der Waals surface area (Å²) in [6.07, 6.45) is -0.343. The molecule has 1 N–H and O–H groups in total. The fraction of sp³-hybridized carbons (Fsp3) is 0.263. The molecule has 2 aromatic carbocycles. The van der Waals surface area contributed by atoms with Gasteiger partial charge in [0.2, 0.25) is 5.91 Å². The first kappa shape index (κ1) is 18.6. The molecule has 0 unspecified atom stereocenters. The first-order valence-electron chi connectivity index (χ1n) is 8.24. The summed E-state index contributed by atoms with van der Waals surface area (Å²) in [4.78, 5) is 27.5. The van der Waals surface area contributed by atoms with E-state index in [9.17, 15) is 9.59 Å². The maximum absolute atomic E-state index is 12.8. The number of hydrogen-bond donors (Lipinski definition) is 1. The number of likely N-dealkylation sites (N-methyl/N-ethyl adjacent to an activating group) is 1. The number of anilines is 1. The Morgan fingerprint density at radius 2 is 1.96 bits per heavy atom. The van der Waals surface area contributed by atoms with Gasteiger partial charge >= 0.3 is 0 Å². The number of benzene rings is 2. The van der Waals surface area contributed by atoms with Crippen molar-refractivity contribution in [2.24, 2.45) is 0 Å². The van der Waals surface area contributed by atoms with Crippen LogP contribution in [0.15, 0.2) is 53.4 Å². The number of ether oxygens (including phenoxy) is 1. The lowest BCUT2D eigenvalue weighted by Crippen LogP contribution is -2.50. The van der Waals surface area contributed by atoms with Crippen LogP contribution in [0.3, 0.4) is 0 Å². The van der Waals surface area contributed by atoms with Crippen LogP contribution >= 0.6 is 23.4 Å². The molecule has 2 aromatic rings. The van der Waals surface area contributed by atoms with Crippen LogP contribution in [0.25, 0.3) is 0 Å². The fourth-order valence-electron chi connectivity index (χ4n) is 2.69. The molecule has 0 bridgehead atoms. The number of carbonyl (C=O) groups is 2. The molecule has 1 heterocycles. The van der Waals surface area contributed by atoms with Gasteiger partial charge in [-0.15, -0.1) is 11.8 Å². The van der Waals surface area contributed by atoms with Gasteiger partial charge < -0.3 is 15.0 Å². The number of fused-ring (bicyclic) bond motifs is 1. The summed E-state index contributed by atoms with van der Waals surface area (Å²) in [6, 6.07) is 14.8. The van der Waals surface area contributed by atoms with Crippen LogP contribution < -0.4 is 15.0 Å². The Morgan fingerprint density at radius 1 is 1.23 bits per heavy atom. The van der Waals surface area contributed by atoms with Gasteiger partial charge in [-0.3, -0.25) is 9.59 Å². The zero-order valence-corrected chi connectivity index (χ0v) is 15.8. The van der Waals surface area contributed by atoms with Crippen molar-refractivity contribution in [3.8, 4) is 5.75 Å². The van der Waals surface area contributed by atoms with Crippen LogP contribution in [0.5, 0.6) is 5.75 Å².